The quantitative estimate of drug-likeness (QED) is 0.130. The van der Waals surface area contributed by atoms with Crippen molar-refractivity contribution in [3.8, 4) is 17.2 Å². The third-order valence-electron chi connectivity index (χ3n) is 11.4. The van der Waals surface area contributed by atoms with Gasteiger partial charge in [-0.15, -0.1) is 0 Å². The lowest BCUT2D eigenvalue weighted by Crippen LogP contribution is -2.49. The van der Waals surface area contributed by atoms with Crippen LogP contribution in [0.2, 0.25) is 0 Å². The van der Waals surface area contributed by atoms with Gasteiger partial charge in [0.15, 0.2) is 0 Å². The van der Waals surface area contributed by atoms with Crippen molar-refractivity contribution in [2.45, 2.75) is 30.7 Å². The van der Waals surface area contributed by atoms with Crippen LogP contribution in [0, 0.1) is 17.3 Å². The molecule has 52 heavy (non-hydrogen) atoms. The number of fused-ring (bicyclic) bond motifs is 5. The van der Waals surface area contributed by atoms with Crippen molar-refractivity contribution < 1.29 is 43.2 Å². The number of hydrogen-bond acceptors (Lipinski definition) is 10. The average Bonchev–Trinajstić information content (AvgIpc) is 3.94. The summed E-state index contributed by atoms with van der Waals surface area (Å²) in [4.78, 5) is 20.9. The molecule has 1 amide bonds. The standard InChI is InChI=1S/C41H50N2O9/c1-46-32-10-4-29(5-11-32)41(30-6-12-33(47-2)13-7-30,31-8-14-34(48-3)15-9-31)50-28-40(27-44)18-20-42(21-19-40)39(45)26-49-22-23-51-43-24-35-36(25-43)38-17-16-37(35)52-38/h4-17,35-38,44H,18-28H2,1-3H3. The van der Waals surface area contributed by atoms with Crippen molar-refractivity contribution in [3.63, 3.8) is 0 Å². The molecule has 0 saturated carbocycles. The van der Waals surface area contributed by atoms with Gasteiger partial charge in [-0.05, 0) is 65.9 Å². The van der Waals surface area contributed by atoms with Crippen molar-refractivity contribution >= 4 is 5.91 Å². The first-order valence-corrected chi connectivity index (χ1v) is 18.2. The summed E-state index contributed by atoms with van der Waals surface area (Å²) in [6.07, 6.45) is 5.94. The van der Waals surface area contributed by atoms with E-state index in [1.165, 1.54) is 0 Å². The summed E-state index contributed by atoms with van der Waals surface area (Å²) >= 11 is 0. The Balaban J connectivity index is 0.994. The molecule has 0 aliphatic carbocycles. The molecule has 278 valence electrons. The van der Waals surface area contributed by atoms with E-state index in [0.29, 0.717) is 51.0 Å². The zero-order valence-corrected chi connectivity index (χ0v) is 30.3. The Morgan fingerprint density at radius 3 is 1.69 bits per heavy atom. The molecule has 7 rings (SSSR count). The van der Waals surface area contributed by atoms with Gasteiger partial charge in [0, 0.05) is 43.4 Å². The normalized spacial score (nSPS) is 23.5. The number of methoxy groups -OCH3 is 3. The van der Waals surface area contributed by atoms with Crippen LogP contribution in [0.4, 0.5) is 0 Å². The van der Waals surface area contributed by atoms with E-state index in [9.17, 15) is 9.90 Å². The number of hydrogen-bond donors (Lipinski definition) is 1. The van der Waals surface area contributed by atoms with Crippen molar-refractivity contribution in [3.05, 3.63) is 102 Å². The lowest BCUT2D eigenvalue weighted by Gasteiger charge is -2.44. The molecule has 3 saturated heterocycles. The number of likely N-dealkylation sites (tertiary alicyclic amines) is 1. The third-order valence-corrected chi connectivity index (χ3v) is 11.4. The van der Waals surface area contributed by atoms with Crippen molar-refractivity contribution in [1.82, 2.24) is 9.96 Å². The molecule has 4 aliphatic heterocycles. The van der Waals surface area contributed by atoms with E-state index in [1.54, 1.807) is 21.3 Å². The van der Waals surface area contributed by atoms with E-state index in [-0.39, 0.29) is 37.9 Å². The molecule has 2 bridgehead atoms. The summed E-state index contributed by atoms with van der Waals surface area (Å²) in [7, 11) is 4.93. The monoisotopic (exact) mass is 714 g/mol. The van der Waals surface area contributed by atoms with E-state index >= 15 is 0 Å². The Morgan fingerprint density at radius 2 is 1.25 bits per heavy atom. The van der Waals surface area contributed by atoms with Gasteiger partial charge in [-0.25, -0.2) is 0 Å². The highest BCUT2D eigenvalue weighted by molar-refractivity contribution is 5.77. The van der Waals surface area contributed by atoms with Crippen molar-refractivity contribution in [2.75, 3.05) is 80.5 Å². The summed E-state index contributed by atoms with van der Waals surface area (Å²) in [5, 5.41) is 12.9. The molecule has 4 heterocycles. The average molecular weight is 715 g/mol. The number of aliphatic hydroxyl groups is 1. The third kappa shape index (κ3) is 7.31. The number of aliphatic hydroxyl groups excluding tert-OH is 1. The summed E-state index contributed by atoms with van der Waals surface area (Å²) in [6, 6.07) is 23.6. The van der Waals surface area contributed by atoms with Gasteiger partial charge >= 0.3 is 0 Å². The Kier molecular flexibility index (Phi) is 11.2. The Hall–Kier alpha value is -3.97. The number of carbonyl (C=O) groups is 1. The minimum atomic E-state index is -1.05. The zero-order valence-electron chi connectivity index (χ0n) is 30.3. The second kappa shape index (κ2) is 16.0. The smallest absolute Gasteiger partial charge is 0.248 e. The summed E-state index contributed by atoms with van der Waals surface area (Å²) in [6.45, 7) is 3.64. The molecule has 11 heteroatoms. The molecule has 0 radical (unpaired) electrons. The van der Waals surface area contributed by atoms with E-state index in [0.717, 1.165) is 47.0 Å². The Morgan fingerprint density at radius 1 is 0.769 bits per heavy atom. The molecular weight excluding hydrogens is 664 g/mol. The van der Waals surface area contributed by atoms with Gasteiger partial charge in [0.25, 0.3) is 0 Å². The highest BCUT2D eigenvalue weighted by Gasteiger charge is 2.51. The summed E-state index contributed by atoms with van der Waals surface area (Å²) in [5.41, 5.74) is 1.09. The number of hydroxylamine groups is 2. The second-order valence-electron chi connectivity index (χ2n) is 14.2. The first-order chi connectivity index (χ1) is 25.4. The molecule has 11 nitrogen and oxygen atoms in total. The number of carbonyl (C=O) groups excluding carboxylic acids is 1. The number of rotatable bonds is 16. The number of amides is 1. The van der Waals surface area contributed by atoms with Gasteiger partial charge in [0.05, 0.1) is 60.0 Å². The maximum absolute atomic E-state index is 13.2. The molecule has 1 N–H and O–H groups in total. The van der Waals surface area contributed by atoms with Crippen LogP contribution in [-0.4, -0.2) is 114 Å². The number of benzene rings is 3. The summed E-state index contributed by atoms with van der Waals surface area (Å²) < 4.78 is 35.3. The largest absolute Gasteiger partial charge is 0.497 e. The van der Waals surface area contributed by atoms with E-state index in [4.69, 9.17) is 33.3 Å². The van der Waals surface area contributed by atoms with Gasteiger partial charge in [-0.2, -0.15) is 5.06 Å². The second-order valence-corrected chi connectivity index (χ2v) is 14.2. The predicted octanol–water partition coefficient (Wildman–Crippen LogP) is 4.46. The molecule has 3 aromatic carbocycles. The first-order valence-electron chi connectivity index (χ1n) is 18.2. The lowest BCUT2D eigenvalue weighted by molar-refractivity contribution is -0.166. The van der Waals surface area contributed by atoms with Crippen molar-refractivity contribution in [2.24, 2.45) is 17.3 Å². The van der Waals surface area contributed by atoms with Crippen molar-refractivity contribution in [1.29, 1.82) is 0 Å². The van der Waals surface area contributed by atoms with Gasteiger partial charge in [-0.1, -0.05) is 48.6 Å². The first kappa shape index (κ1) is 36.4. The van der Waals surface area contributed by atoms with Gasteiger partial charge in [0.1, 0.15) is 29.5 Å². The molecular formula is C41H50N2O9. The van der Waals surface area contributed by atoms with Crippen LogP contribution in [0.5, 0.6) is 17.2 Å². The minimum absolute atomic E-state index is 0.00529. The van der Waals surface area contributed by atoms with E-state index in [2.05, 4.69) is 12.2 Å². The maximum atomic E-state index is 13.2. The molecule has 0 spiro atoms. The predicted molar refractivity (Wildman–Crippen MR) is 193 cm³/mol. The molecule has 4 unspecified atom stereocenters. The maximum Gasteiger partial charge on any atom is 0.248 e. The minimum Gasteiger partial charge on any atom is -0.497 e. The molecule has 4 aliphatic rings. The highest BCUT2D eigenvalue weighted by atomic mass is 16.7. The number of ether oxygens (including phenoxy) is 6. The number of piperidine rings is 1. The van der Waals surface area contributed by atoms with Crippen LogP contribution in [-0.2, 0) is 29.4 Å². The van der Waals surface area contributed by atoms with Crippen LogP contribution >= 0.6 is 0 Å². The van der Waals surface area contributed by atoms with Crippen LogP contribution in [0.15, 0.2) is 84.9 Å². The van der Waals surface area contributed by atoms with Gasteiger partial charge < -0.3 is 38.4 Å². The Labute approximate surface area is 305 Å². The fourth-order valence-electron chi connectivity index (χ4n) is 8.14. The van der Waals surface area contributed by atoms with Gasteiger partial charge in [-0.3, -0.25) is 9.63 Å². The van der Waals surface area contributed by atoms with E-state index < -0.39 is 11.0 Å². The van der Waals surface area contributed by atoms with Crippen LogP contribution in [0.1, 0.15) is 29.5 Å². The summed E-state index contributed by atoms with van der Waals surface area (Å²) in [5.74, 6) is 3.13. The fraction of sp³-hybridized carbons (Fsp3) is 0.488. The zero-order chi connectivity index (χ0) is 36.1. The lowest BCUT2D eigenvalue weighted by atomic mass is 9.77. The van der Waals surface area contributed by atoms with Gasteiger partial charge in [0.2, 0.25) is 5.91 Å². The molecule has 0 aromatic heterocycles. The number of nitrogens with zero attached hydrogens (tertiary/aromatic N) is 2. The fourth-order valence-corrected chi connectivity index (χ4v) is 8.14. The van der Waals surface area contributed by atoms with Crippen LogP contribution < -0.4 is 14.2 Å². The topological polar surface area (TPSA) is 108 Å². The molecule has 3 fully saturated rings. The van der Waals surface area contributed by atoms with Crippen LogP contribution in [0.3, 0.4) is 0 Å². The van der Waals surface area contributed by atoms with E-state index in [1.807, 2.05) is 82.8 Å². The molecule has 4 atom stereocenters. The molecule has 3 aromatic rings. The van der Waals surface area contributed by atoms with Crippen LogP contribution in [0.25, 0.3) is 0 Å². The Bertz CT molecular complexity index is 1520. The SMILES string of the molecule is COc1ccc(C(OCC2(CO)CCN(C(=O)COCCON3CC4C5C=CC(O5)C4C3)CC2)(c2ccc(OC)cc2)c2ccc(OC)cc2)cc1. The highest BCUT2D eigenvalue weighted by Crippen LogP contribution is 2.45.